The summed E-state index contributed by atoms with van der Waals surface area (Å²) in [6.45, 7) is 0. The fraction of sp³-hybridized carbons (Fsp3) is 0.118. The van der Waals surface area contributed by atoms with Crippen LogP contribution in [0.3, 0.4) is 0 Å². The Morgan fingerprint density at radius 3 is 2.46 bits per heavy atom. The molecule has 4 rings (SSSR count). The van der Waals surface area contributed by atoms with Crippen LogP contribution in [0.4, 0.5) is 10.1 Å². The van der Waals surface area contributed by atoms with Crippen molar-refractivity contribution in [2.45, 2.75) is 0 Å². The molecular formula is C17H14FN5O. The van der Waals surface area contributed by atoms with Gasteiger partial charge in [-0.2, -0.15) is 0 Å². The fourth-order valence-corrected chi connectivity index (χ4v) is 2.77. The zero-order valence-corrected chi connectivity index (χ0v) is 13.1. The molecule has 1 aromatic carbocycles. The number of ether oxygens (including phenoxy) is 1. The van der Waals surface area contributed by atoms with Gasteiger partial charge in [0.05, 0.1) is 18.3 Å². The highest BCUT2D eigenvalue weighted by atomic mass is 19.1. The van der Waals surface area contributed by atoms with E-state index in [1.165, 1.54) is 19.2 Å². The van der Waals surface area contributed by atoms with Crippen molar-refractivity contribution in [1.29, 1.82) is 0 Å². The normalized spacial score (nSPS) is 11.1. The number of methoxy groups -OCH3 is 1. The largest absolute Gasteiger partial charge is 0.467 e. The van der Waals surface area contributed by atoms with Crippen LogP contribution < -0.4 is 10.1 Å². The molecule has 120 valence electrons. The molecule has 0 radical (unpaired) electrons. The topological polar surface area (TPSA) is 75.7 Å². The summed E-state index contributed by atoms with van der Waals surface area (Å²) in [5.74, 6) is -0.300. The summed E-state index contributed by atoms with van der Waals surface area (Å²) in [6.07, 6.45) is 5.07. The highest BCUT2D eigenvalue weighted by molar-refractivity contribution is 6.10. The third-order valence-electron chi connectivity index (χ3n) is 3.94. The molecule has 0 amide bonds. The van der Waals surface area contributed by atoms with Gasteiger partial charge in [0.2, 0.25) is 0 Å². The van der Waals surface area contributed by atoms with E-state index >= 15 is 0 Å². The molecular weight excluding hydrogens is 309 g/mol. The smallest absolute Gasteiger partial charge is 0.316 e. The number of halogens is 1. The number of pyridine rings is 1. The number of rotatable bonds is 3. The van der Waals surface area contributed by atoms with E-state index in [9.17, 15) is 4.39 Å². The van der Waals surface area contributed by atoms with Gasteiger partial charge in [0.1, 0.15) is 11.5 Å². The number of nitrogens with one attached hydrogen (secondary N) is 2. The van der Waals surface area contributed by atoms with Gasteiger partial charge in [0.25, 0.3) is 0 Å². The minimum Gasteiger partial charge on any atom is -0.467 e. The first-order valence-electron chi connectivity index (χ1n) is 7.34. The summed E-state index contributed by atoms with van der Waals surface area (Å²) >= 11 is 0. The molecule has 0 fully saturated rings. The minimum atomic E-state index is -0.300. The molecule has 0 saturated heterocycles. The van der Waals surface area contributed by atoms with Crippen molar-refractivity contribution in [3.8, 4) is 17.1 Å². The first kappa shape index (κ1) is 14.4. The number of H-pyrrole nitrogens is 1. The standard InChI is InChI=1S/C17H14FN5O/c1-19-14-5-11(18)4-12-13-3-9(6-20-16(13)23-15(12)14)10-7-21-17(24-2)22-8-10/h3-8,19H,1-2H3,(H,20,23). The van der Waals surface area contributed by atoms with Crippen molar-refractivity contribution in [1.82, 2.24) is 19.9 Å². The lowest BCUT2D eigenvalue weighted by Gasteiger charge is -2.03. The number of aromatic nitrogens is 4. The Balaban J connectivity index is 1.93. The van der Waals surface area contributed by atoms with E-state index in [1.807, 2.05) is 6.07 Å². The Kier molecular flexibility index (Phi) is 3.26. The van der Waals surface area contributed by atoms with Crippen LogP contribution in [0.15, 0.2) is 36.8 Å². The van der Waals surface area contributed by atoms with Crippen LogP contribution in [0.1, 0.15) is 0 Å². The minimum absolute atomic E-state index is 0.300. The first-order chi connectivity index (χ1) is 11.7. The molecule has 6 nitrogen and oxygen atoms in total. The molecule has 0 aliphatic heterocycles. The lowest BCUT2D eigenvalue weighted by atomic mass is 10.1. The number of hydrogen-bond donors (Lipinski definition) is 2. The van der Waals surface area contributed by atoms with E-state index in [2.05, 4.69) is 25.3 Å². The molecule has 0 aliphatic carbocycles. The van der Waals surface area contributed by atoms with Crippen molar-refractivity contribution < 1.29 is 9.13 Å². The van der Waals surface area contributed by atoms with Gasteiger partial charge in [-0.3, -0.25) is 0 Å². The van der Waals surface area contributed by atoms with Gasteiger partial charge >= 0.3 is 6.01 Å². The Morgan fingerprint density at radius 1 is 1.00 bits per heavy atom. The average Bonchev–Trinajstić information content (AvgIpc) is 2.99. The van der Waals surface area contributed by atoms with E-state index in [4.69, 9.17) is 4.74 Å². The van der Waals surface area contributed by atoms with Gasteiger partial charge < -0.3 is 15.0 Å². The quantitative estimate of drug-likeness (QED) is 0.604. The summed E-state index contributed by atoms with van der Waals surface area (Å²) in [5.41, 5.74) is 3.87. The molecule has 3 heterocycles. The van der Waals surface area contributed by atoms with Crippen LogP contribution >= 0.6 is 0 Å². The zero-order valence-electron chi connectivity index (χ0n) is 13.1. The van der Waals surface area contributed by atoms with Crippen molar-refractivity contribution >= 4 is 27.6 Å². The number of aromatic amines is 1. The number of benzene rings is 1. The fourth-order valence-electron chi connectivity index (χ4n) is 2.77. The van der Waals surface area contributed by atoms with Crippen LogP contribution in [0.25, 0.3) is 33.1 Å². The number of nitrogens with zero attached hydrogens (tertiary/aromatic N) is 3. The van der Waals surface area contributed by atoms with E-state index in [0.29, 0.717) is 17.3 Å². The highest BCUT2D eigenvalue weighted by Crippen LogP contribution is 2.32. The van der Waals surface area contributed by atoms with Gasteiger partial charge in [-0.05, 0) is 18.2 Å². The van der Waals surface area contributed by atoms with Crippen molar-refractivity contribution in [2.75, 3.05) is 19.5 Å². The third kappa shape index (κ3) is 2.21. The highest BCUT2D eigenvalue weighted by Gasteiger charge is 2.12. The summed E-state index contributed by atoms with van der Waals surface area (Å²) in [6, 6.07) is 5.21. The molecule has 4 aromatic rings. The molecule has 0 saturated carbocycles. The number of anilines is 1. The summed E-state index contributed by atoms with van der Waals surface area (Å²) in [4.78, 5) is 15.9. The molecule has 0 unspecified atom stereocenters. The van der Waals surface area contributed by atoms with Gasteiger partial charge in [-0.15, -0.1) is 0 Å². The molecule has 0 bridgehead atoms. The summed E-state index contributed by atoms with van der Waals surface area (Å²) in [7, 11) is 3.27. The second-order valence-corrected chi connectivity index (χ2v) is 5.33. The van der Waals surface area contributed by atoms with E-state index in [1.54, 1.807) is 25.6 Å². The molecule has 24 heavy (non-hydrogen) atoms. The molecule has 0 atom stereocenters. The monoisotopic (exact) mass is 323 g/mol. The maximum atomic E-state index is 13.9. The molecule has 2 N–H and O–H groups in total. The lowest BCUT2D eigenvalue weighted by molar-refractivity contribution is 0.380. The second kappa shape index (κ2) is 5.45. The maximum Gasteiger partial charge on any atom is 0.316 e. The summed E-state index contributed by atoms with van der Waals surface area (Å²) in [5, 5.41) is 4.62. The van der Waals surface area contributed by atoms with Crippen LogP contribution in [0.2, 0.25) is 0 Å². The number of fused-ring (bicyclic) bond motifs is 3. The van der Waals surface area contributed by atoms with Gasteiger partial charge in [0, 0.05) is 47.5 Å². The van der Waals surface area contributed by atoms with Gasteiger partial charge in [0.15, 0.2) is 0 Å². The third-order valence-corrected chi connectivity index (χ3v) is 3.94. The van der Waals surface area contributed by atoms with Gasteiger partial charge in [-0.25, -0.2) is 19.3 Å². The summed E-state index contributed by atoms with van der Waals surface area (Å²) < 4.78 is 18.9. The Hall–Kier alpha value is -3.22. The van der Waals surface area contributed by atoms with Crippen LogP contribution in [-0.4, -0.2) is 34.1 Å². The Bertz CT molecular complexity index is 1040. The lowest BCUT2D eigenvalue weighted by Crippen LogP contribution is -1.91. The van der Waals surface area contributed by atoms with Crippen LogP contribution in [-0.2, 0) is 0 Å². The Morgan fingerprint density at radius 2 is 1.75 bits per heavy atom. The maximum absolute atomic E-state index is 13.9. The van der Waals surface area contributed by atoms with E-state index in [-0.39, 0.29) is 5.82 Å². The first-order valence-corrected chi connectivity index (χ1v) is 7.34. The van der Waals surface area contributed by atoms with Crippen molar-refractivity contribution in [3.63, 3.8) is 0 Å². The molecule has 3 aromatic heterocycles. The Labute approximate surface area is 136 Å². The van der Waals surface area contributed by atoms with E-state index in [0.717, 1.165) is 27.4 Å². The second-order valence-electron chi connectivity index (χ2n) is 5.33. The molecule has 7 heteroatoms. The van der Waals surface area contributed by atoms with Crippen molar-refractivity contribution in [2.24, 2.45) is 0 Å². The molecule has 0 spiro atoms. The predicted octanol–water partition coefficient (Wildman–Crippen LogP) is 3.36. The SMILES string of the molecule is CNc1cc(F)cc2c1[nH]c1ncc(-c3cnc(OC)nc3)cc12. The van der Waals surface area contributed by atoms with E-state index < -0.39 is 0 Å². The average molecular weight is 323 g/mol. The van der Waals surface area contributed by atoms with Crippen molar-refractivity contribution in [3.05, 3.63) is 42.6 Å². The van der Waals surface area contributed by atoms with Crippen LogP contribution in [0, 0.1) is 5.82 Å². The number of hydrogen-bond acceptors (Lipinski definition) is 5. The predicted molar refractivity (Wildman–Crippen MR) is 90.7 cm³/mol. The van der Waals surface area contributed by atoms with Crippen LogP contribution in [0.5, 0.6) is 6.01 Å². The zero-order chi connectivity index (χ0) is 16.7. The molecule has 0 aliphatic rings. The van der Waals surface area contributed by atoms with Gasteiger partial charge in [-0.1, -0.05) is 0 Å².